The summed E-state index contributed by atoms with van der Waals surface area (Å²) in [5, 5.41) is 37.8. The topological polar surface area (TPSA) is 242 Å². The normalized spacial score (nSPS) is 16.8. The number of ether oxygens (including phenoxy) is 1. The van der Waals surface area contributed by atoms with Gasteiger partial charge < -0.3 is 30.4 Å². The molecule has 0 aliphatic heterocycles. The molecule has 0 saturated carbocycles. The maximum Gasteiger partial charge on any atom is 0.260 e. The highest BCUT2D eigenvalue weighted by atomic mass is 79.9. The molecular formula is C30H21BrN4O11. The van der Waals surface area contributed by atoms with Crippen LogP contribution in [0.3, 0.4) is 0 Å². The molecule has 6 rings (SSSR count). The van der Waals surface area contributed by atoms with Crippen molar-refractivity contribution >= 4 is 56.2 Å². The van der Waals surface area contributed by atoms with Crippen LogP contribution in [-0.2, 0) is 21.4 Å². The number of H-pyrrole nitrogens is 1. The van der Waals surface area contributed by atoms with E-state index in [0.717, 1.165) is 19.4 Å². The summed E-state index contributed by atoms with van der Waals surface area (Å²) in [5.74, 6) is -3.83. The van der Waals surface area contributed by atoms with Gasteiger partial charge in [0, 0.05) is 28.4 Å². The van der Waals surface area contributed by atoms with E-state index in [1.807, 2.05) is 0 Å². The molecule has 0 radical (unpaired) electrons. The number of phenols is 1. The number of fused-ring (bicyclic) bond motifs is 4. The average molecular weight is 693 g/mol. The van der Waals surface area contributed by atoms with Crippen molar-refractivity contribution in [3.8, 4) is 11.5 Å². The van der Waals surface area contributed by atoms with Gasteiger partial charge in [-0.2, -0.15) is 5.10 Å². The highest BCUT2D eigenvalue weighted by molar-refractivity contribution is 9.10. The zero-order valence-electron chi connectivity index (χ0n) is 23.8. The molecule has 46 heavy (non-hydrogen) atoms. The first kappa shape index (κ1) is 30.4. The molecule has 2 aromatic rings. The Morgan fingerprint density at radius 2 is 1.67 bits per heavy atom. The fourth-order valence-electron chi connectivity index (χ4n) is 6.30. The third kappa shape index (κ3) is 4.02. The summed E-state index contributed by atoms with van der Waals surface area (Å²) in [6, 6.07) is 2.19. The maximum absolute atomic E-state index is 13.6. The predicted molar refractivity (Wildman–Crippen MR) is 165 cm³/mol. The fourth-order valence-corrected chi connectivity index (χ4v) is 7.01. The number of aliphatic hydroxyl groups is 2. The largest absolute Gasteiger partial charge is 0.510 e. The van der Waals surface area contributed by atoms with Crippen LogP contribution in [0.1, 0.15) is 30.2 Å². The van der Waals surface area contributed by atoms with Gasteiger partial charge in [0.2, 0.25) is 22.2 Å². The Labute approximate surface area is 262 Å². The van der Waals surface area contributed by atoms with E-state index in [0.29, 0.717) is 5.56 Å². The number of halogens is 1. The van der Waals surface area contributed by atoms with Crippen molar-refractivity contribution < 1.29 is 29.6 Å². The van der Waals surface area contributed by atoms with Gasteiger partial charge in [0.15, 0.2) is 11.2 Å². The lowest BCUT2D eigenvalue weighted by Crippen LogP contribution is -2.51. The quantitative estimate of drug-likeness (QED) is 0.0974. The Morgan fingerprint density at radius 1 is 1.02 bits per heavy atom. The molecule has 2 amide bonds. The number of rotatable bonds is 5. The van der Waals surface area contributed by atoms with E-state index < -0.39 is 88.4 Å². The molecule has 1 spiro atoms. The second-order valence-corrected chi connectivity index (χ2v) is 11.5. The van der Waals surface area contributed by atoms with Crippen molar-refractivity contribution in [1.29, 1.82) is 0 Å². The molecule has 1 aromatic heterocycles. The first-order valence-electron chi connectivity index (χ1n) is 13.5. The summed E-state index contributed by atoms with van der Waals surface area (Å²) in [6.45, 7) is 0.912. The molecule has 15 nitrogen and oxygen atoms in total. The number of carbonyl (C=O) groups excluding carboxylic acids is 2. The minimum atomic E-state index is -2.06. The monoisotopic (exact) mass is 692 g/mol. The molecule has 0 bridgehead atoms. The molecule has 16 heteroatoms. The van der Waals surface area contributed by atoms with Crippen LogP contribution < -0.4 is 53.2 Å². The number of aromatic hydroxyl groups is 1. The molecule has 1 heterocycles. The molecule has 1 atom stereocenters. The van der Waals surface area contributed by atoms with Crippen LogP contribution in [-0.4, -0.2) is 52.0 Å². The number of aliphatic hydroxyl groups excluding tert-OH is 2. The summed E-state index contributed by atoms with van der Waals surface area (Å²) in [4.78, 5) is 91.5. The van der Waals surface area contributed by atoms with E-state index in [9.17, 15) is 48.9 Å². The fraction of sp³-hybridized carbons (Fsp3) is 0.200. The number of amides is 2. The van der Waals surface area contributed by atoms with Crippen LogP contribution in [0.25, 0.3) is 22.3 Å². The van der Waals surface area contributed by atoms with Crippen LogP contribution in [0.15, 0.2) is 45.7 Å². The number of hydrogen-bond acceptors (Lipinski definition) is 12. The highest BCUT2D eigenvalue weighted by Crippen LogP contribution is 2.56. The first-order chi connectivity index (χ1) is 21.8. The van der Waals surface area contributed by atoms with E-state index in [1.165, 1.54) is 13.0 Å². The minimum Gasteiger partial charge on any atom is -0.510 e. The number of nitrogens with one attached hydrogen (secondary N) is 3. The van der Waals surface area contributed by atoms with E-state index in [-0.39, 0.29) is 45.9 Å². The Morgan fingerprint density at radius 3 is 2.30 bits per heavy atom. The summed E-state index contributed by atoms with van der Waals surface area (Å²) < 4.78 is 5.17. The number of hydrogen-bond donors (Lipinski definition) is 6. The number of nitrogens with zero attached hydrogens (tertiary/aromatic N) is 1. The van der Waals surface area contributed by atoms with Gasteiger partial charge in [0.1, 0.15) is 22.7 Å². The molecule has 0 saturated heterocycles. The SMILES string of the molecule is COc1cc(=O)c2c(=O)c3c(c(=O)c=2c1=O)=C(O)[C@]1(CCc2c1c(O)c1c(=O)[nH]c(/C=N/NC(=O)CNC(C)=O)cc1c2Br)C=3O. The zero-order chi connectivity index (χ0) is 33.4. The van der Waals surface area contributed by atoms with E-state index >= 15 is 0 Å². The first-order valence-corrected chi connectivity index (χ1v) is 14.3. The lowest BCUT2D eigenvalue weighted by Gasteiger charge is -2.27. The highest BCUT2D eigenvalue weighted by Gasteiger charge is 2.53. The molecular weight excluding hydrogens is 672 g/mol. The van der Waals surface area contributed by atoms with Crippen molar-refractivity contribution in [2.75, 3.05) is 13.7 Å². The van der Waals surface area contributed by atoms with Crippen molar-refractivity contribution in [1.82, 2.24) is 15.7 Å². The zero-order valence-corrected chi connectivity index (χ0v) is 25.4. The van der Waals surface area contributed by atoms with E-state index in [2.05, 4.69) is 36.8 Å². The molecule has 234 valence electrons. The second-order valence-electron chi connectivity index (χ2n) is 10.7. The van der Waals surface area contributed by atoms with Gasteiger partial charge in [0.25, 0.3) is 11.5 Å². The summed E-state index contributed by atoms with van der Waals surface area (Å²) in [5.41, 5.74) is -4.80. The Hall–Kier alpha value is -5.64. The number of phenolic OH excluding ortho intramolecular Hbond substituents is 1. The summed E-state index contributed by atoms with van der Waals surface area (Å²) in [6.07, 6.45) is 1.01. The molecule has 0 unspecified atom stereocenters. The number of carbonyl (C=O) groups is 2. The number of methoxy groups -OCH3 is 1. The molecule has 0 fully saturated rings. The number of aromatic nitrogens is 1. The molecule has 6 N–H and O–H groups in total. The standard InChI is InChI=1S/C30H21BrN4O11/c1-9(36)32-8-15(38)35-33-7-10-5-12-16(29(45)34-10)26(42)21-11(22(12)31)3-4-30(21)27(43)19-20(28(30)44)25(41)18-17(24(19)40)13(37)6-14(46-2)23(18)39/h5-7,42-44H,3-4,8H2,1-2H3,(H,32,36)(H,34,45)(H,35,38)/b33-7+/t30-/m0/s1. The van der Waals surface area contributed by atoms with Gasteiger partial charge in [-0.25, -0.2) is 5.43 Å². The van der Waals surface area contributed by atoms with Crippen molar-refractivity contribution in [3.05, 3.63) is 106 Å². The van der Waals surface area contributed by atoms with Gasteiger partial charge in [-0.1, -0.05) is 0 Å². The van der Waals surface area contributed by atoms with E-state index in [4.69, 9.17) is 4.74 Å². The van der Waals surface area contributed by atoms with Gasteiger partial charge in [0.05, 0.1) is 51.8 Å². The van der Waals surface area contributed by atoms with Crippen LogP contribution in [0.5, 0.6) is 11.5 Å². The minimum absolute atomic E-state index is 0.0618. The Bertz CT molecular complexity index is 2610. The molecule has 1 aromatic carbocycles. The summed E-state index contributed by atoms with van der Waals surface area (Å²) in [7, 11) is 1.10. The summed E-state index contributed by atoms with van der Waals surface area (Å²) >= 11 is 3.45. The van der Waals surface area contributed by atoms with Crippen LogP contribution in [0, 0.1) is 10.4 Å². The smallest absolute Gasteiger partial charge is 0.260 e. The third-order valence-electron chi connectivity index (χ3n) is 8.27. The second kappa shape index (κ2) is 10.5. The lowest BCUT2D eigenvalue weighted by atomic mass is 9.78. The van der Waals surface area contributed by atoms with Gasteiger partial charge in [-0.05, 0) is 40.4 Å². The Balaban J connectivity index is 1.58. The van der Waals surface area contributed by atoms with Crippen molar-refractivity contribution in [2.24, 2.45) is 5.10 Å². The number of hydrazone groups is 1. The maximum atomic E-state index is 13.6. The van der Waals surface area contributed by atoms with Gasteiger partial charge in [-0.3, -0.25) is 33.6 Å². The lowest BCUT2D eigenvalue weighted by molar-refractivity contribution is -0.125. The number of aromatic amines is 1. The van der Waals surface area contributed by atoms with Crippen LogP contribution >= 0.6 is 15.9 Å². The van der Waals surface area contributed by atoms with Gasteiger partial charge >= 0.3 is 0 Å². The van der Waals surface area contributed by atoms with Crippen molar-refractivity contribution in [2.45, 2.75) is 25.2 Å². The number of pyridine rings is 1. The molecule has 4 aliphatic rings. The van der Waals surface area contributed by atoms with E-state index in [1.54, 1.807) is 0 Å². The number of benzene rings is 1. The van der Waals surface area contributed by atoms with Crippen LogP contribution in [0.4, 0.5) is 0 Å². The van der Waals surface area contributed by atoms with Crippen LogP contribution in [0.2, 0.25) is 0 Å². The third-order valence-corrected chi connectivity index (χ3v) is 9.17. The molecule has 4 aliphatic carbocycles. The predicted octanol–water partition coefficient (Wildman–Crippen LogP) is -2.14. The Kier molecular flexibility index (Phi) is 6.92. The average Bonchev–Trinajstić information content (AvgIpc) is 3.51. The van der Waals surface area contributed by atoms with Gasteiger partial charge in [-0.15, -0.1) is 0 Å². The van der Waals surface area contributed by atoms with Crippen molar-refractivity contribution in [3.63, 3.8) is 0 Å².